The first-order chi connectivity index (χ1) is 16.6. The van der Waals surface area contributed by atoms with Crippen LogP contribution >= 0.6 is 0 Å². The van der Waals surface area contributed by atoms with Crippen LogP contribution in [-0.4, -0.2) is 52.4 Å². The lowest BCUT2D eigenvalue weighted by Crippen LogP contribution is -2.17. The van der Waals surface area contributed by atoms with Gasteiger partial charge in [-0.2, -0.15) is 5.10 Å². The average molecular weight is 464 g/mol. The van der Waals surface area contributed by atoms with Crippen molar-refractivity contribution in [1.82, 2.24) is 25.1 Å². The fraction of sp³-hybridized carbons (Fsp3) is 0.261. The first kappa shape index (κ1) is 22.8. The number of carbonyl (C=O) groups excluding carboxylic acids is 1. The lowest BCUT2D eigenvalue weighted by molar-refractivity contribution is -0.115. The number of benzene rings is 1. The number of methoxy groups -OCH3 is 3. The normalized spacial score (nSPS) is 10.7. The Balaban J connectivity index is 1.56. The third-order valence-corrected chi connectivity index (χ3v) is 5.14. The van der Waals surface area contributed by atoms with E-state index in [-0.39, 0.29) is 12.3 Å². The van der Waals surface area contributed by atoms with Gasteiger partial charge < -0.3 is 24.3 Å². The minimum Gasteiger partial charge on any atom is -0.495 e. The summed E-state index contributed by atoms with van der Waals surface area (Å²) in [5.74, 6) is 2.51. The van der Waals surface area contributed by atoms with Gasteiger partial charge in [-0.3, -0.25) is 14.9 Å². The Morgan fingerprint density at radius 1 is 0.971 bits per heavy atom. The molecule has 0 aliphatic heterocycles. The van der Waals surface area contributed by atoms with Crippen LogP contribution in [0.5, 0.6) is 28.9 Å². The van der Waals surface area contributed by atoms with Crippen LogP contribution in [0.4, 0.5) is 5.82 Å². The van der Waals surface area contributed by atoms with Gasteiger partial charge in [0.15, 0.2) is 17.2 Å². The van der Waals surface area contributed by atoms with Crippen LogP contribution in [-0.2, 0) is 17.6 Å². The molecule has 0 aliphatic rings. The van der Waals surface area contributed by atoms with Gasteiger partial charge in [-0.15, -0.1) is 0 Å². The van der Waals surface area contributed by atoms with Gasteiger partial charge in [0.1, 0.15) is 17.9 Å². The number of H-pyrrole nitrogens is 1. The second-order valence-corrected chi connectivity index (χ2v) is 7.17. The summed E-state index contributed by atoms with van der Waals surface area (Å²) in [7, 11) is 4.61. The SMILES string of the molecule is CCc1cn[nH]c1NC(=O)Cc1ncc(Oc2ncnc3cc(OC)c(OC)cc23)cc1OC. The van der Waals surface area contributed by atoms with Crippen molar-refractivity contribution in [3.8, 4) is 28.9 Å². The standard InChI is InChI=1S/C23H24N6O5/c1-5-13-10-27-29-22(13)28-21(30)9-17-18(31-2)6-14(11-24-17)34-23-15-7-19(32-3)20(33-4)8-16(15)25-12-26-23/h6-8,10-12H,5,9H2,1-4H3,(H2,27,28,29,30). The van der Waals surface area contributed by atoms with E-state index < -0.39 is 0 Å². The molecule has 11 nitrogen and oxygen atoms in total. The number of carbonyl (C=O) groups is 1. The van der Waals surface area contributed by atoms with Crippen molar-refractivity contribution in [2.75, 3.05) is 26.6 Å². The lowest BCUT2D eigenvalue weighted by Gasteiger charge is -2.13. The summed E-state index contributed by atoms with van der Waals surface area (Å²) >= 11 is 0. The molecule has 0 atom stereocenters. The zero-order chi connectivity index (χ0) is 24.1. The number of pyridine rings is 1. The molecule has 2 N–H and O–H groups in total. The van der Waals surface area contributed by atoms with Crippen molar-refractivity contribution in [3.63, 3.8) is 0 Å². The summed E-state index contributed by atoms with van der Waals surface area (Å²) in [6.45, 7) is 1.98. The van der Waals surface area contributed by atoms with E-state index in [2.05, 4.69) is 30.5 Å². The van der Waals surface area contributed by atoms with E-state index in [9.17, 15) is 4.79 Å². The Hall–Kier alpha value is -4.41. The molecule has 1 aromatic carbocycles. The minimum absolute atomic E-state index is 0.0130. The van der Waals surface area contributed by atoms with Crippen molar-refractivity contribution in [2.45, 2.75) is 19.8 Å². The lowest BCUT2D eigenvalue weighted by atomic mass is 10.2. The molecule has 4 aromatic rings. The van der Waals surface area contributed by atoms with Crippen LogP contribution in [0.15, 0.2) is 36.9 Å². The Bertz CT molecular complexity index is 1320. The molecule has 0 fully saturated rings. The molecular weight excluding hydrogens is 440 g/mol. The van der Waals surface area contributed by atoms with E-state index in [0.29, 0.717) is 51.3 Å². The van der Waals surface area contributed by atoms with E-state index in [1.54, 1.807) is 38.6 Å². The Morgan fingerprint density at radius 2 is 1.74 bits per heavy atom. The molecule has 11 heteroatoms. The van der Waals surface area contributed by atoms with Gasteiger partial charge in [0.2, 0.25) is 11.8 Å². The molecule has 0 saturated heterocycles. The van der Waals surface area contributed by atoms with Crippen molar-refractivity contribution >= 4 is 22.6 Å². The van der Waals surface area contributed by atoms with Crippen LogP contribution in [0.1, 0.15) is 18.2 Å². The maximum absolute atomic E-state index is 12.5. The van der Waals surface area contributed by atoms with Crippen LogP contribution in [0.3, 0.4) is 0 Å². The Morgan fingerprint density at radius 3 is 2.47 bits per heavy atom. The van der Waals surface area contributed by atoms with Gasteiger partial charge >= 0.3 is 0 Å². The van der Waals surface area contributed by atoms with E-state index in [1.165, 1.54) is 19.6 Å². The van der Waals surface area contributed by atoms with Gasteiger partial charge in [0.25, 0.3) is 0 Å². The highest BCUT2D eigenvalue weighted by atomic mass is 16.5. The van der Waals surface area contributed by atoms with Crippen molar-refractivity contribution in [1.29, 1.82) is 0 Å². The average Bonchev–Trinajstić information content (AvgIpc) is 3.31. The first-order valence-corrected chi connectivity index (χ1v) is 10.5. The zero-order valence-electron chi connectivity index (χ0n) is 19.2. The van der Waals surface area contributed by atoms with E-state index in [1.807, 2.05) is 6.92 Å². The van der Waals surface area contributed by atoms with Crippen LogP contribution in [0, 0.1) is 0 Å². The monoisotopic (exact) mass is 464 g/mol. The molecule has 34 heavy (non-hydrogen) atoms. The number of amides is 1. The van der Waals surface area contributed by atoms with Crippen LogP contribution in [0.25, 0.3) is 10.9 Å². The molecule has 4 rings (SSSR count). The first-order valence-electron chi connectivity index (χ1n) is 10.5. The summed E-state index contributed by atoms with van der Waals surface area (Å²) in [5, 5.41) is 10.2. The quantitative estimate of drug-likeness (QED) is 0.383. The van der Waals surface area contributed by atoms with Gasteiger partial charge in [0, 0.05) is 17.7 Å². The van der Waals surface area contributed by atoms with E-state index >= 15 is 0 Å². The molecular formula is C23H24N6O5. The number of nitrogens with zero attached hydrogens (tertiary/aromatic N) is 4. The fourth-order valence-electron chi connectivity index (χ4n) is 3.40. The number of ether oxygens (including phenoxy) is 4. The molecule has 3 heterocycles. The number of rotatable bonds is 9. The number of hydrogen-bond acceptors (Lipinski definition) is 9. The van der Waals surface area contributed by atoms with Gasteiger partial charge in [-0.05, 0) is 12.5 Å². The summed E-state index contributed by atoms with van der Waals surface area (Å²) < 4.78 is 22.1. The van der Waals surface area contributed by atoms with Crippen molar-refractivity contribution < 1.29 is 23.7 Å². The Labute approximate surface area is 195 Å². The largest absolute Gasteiger partial charge is 0.495 e. The molecule has 176 valence electrons. The third kappa shape index (κ3) is 4.68. The molecule has 0 unspecified atom stereocenters. The second-order valence-electron chi connectivity index (χ2n) is 7.17. The van der Waals surface area contributed by atoms with Crippen LogP contribution < -0.4 is 24.3 Å². The highest BCUT2D eigenvalue weighted by molar-refractivity contribution is 5.92. The predicted molar refractivity (Wildman–Crippen MR) is 124 cm³/mol. The number of nitrogens with one attached hydrogen (secondary N) is 2. The van der Waals surface area contributed by atoms with Gasteiger partial charge in [-0.1, -0.05) is 6.92 Å². The van der Waals surface area contributed by atoms with Gasteiger partial charge in [-0.25, -0.2) is 9.97 Å². The third-order valence-electron chi connectivity index (χ3n) is 5.14. The van der Waals surface area contributed by atoms with Crippen molar-refractivity contribution in [3.05, 3.63) is 48.2 Å². The highest BCUT2D eigenvalue weighted by Crippen LogP contribution is 2.36. The van der Waals surface area contributed by atoms with E-state index in [4.69, 9.17) is 18.9 Å². The van der Waals surface area contributed by atoms with E-state index in [0.717, 1.165) is 12.0 Å². The number of hydrogen-bond donors (Lipinski definition) is 2. The molecule has 0 spiro atoms. The maximum atomic E-state index is 12.5. The molecule has 1 amide bonds. The summed E-state index contributed by atoms with van der Waals surface area (Å²) in [6.07, 6.45) is 5.35. The summed E-state index contributed by atoms with van der Waals surface area (Å²) in [6, 6.07) is 5.14. The molecule has 3 aromatic heterocycles. The predicted octanol–water partition coefficient (Wildman–Crippen LogP) is 3.31. The number of aromatic nitrogens is 5. The number of aryl methyl sites for hydroxylation is 1. The number of aromatic amines is 1. The number of fused-ring (bicyclic) bond motifs is 1. The molecule has 0 saturated carbocycles. The highest BCUT2D eigenvalue weighted by Gasteiger charge is 2.16. The minimum atomic E-state index is -0.249. The summed E-state index contributed by atoms with van der Waals surface area (Å²) in [4.78, 5) is 25.4. The molecule has 0 aliphatic carbocycles. The topological polar surface area (TPSA) is 133 Å². The van der Waals surface area contributed by atoms with Crippen LogP contribution in [0.2, 0.25) is 0 Å². The smallest absolute Gasteiger partial charge is 0.231 e. The number of anilines is 1. The summed E-state index contributed by atoms with van der Waals surface area (Å²) in [5.41, 5.74) is 2.01. The second kappa shape index (κ2) is 10.0. The fourth-order valence-corrected chi connectivity index (χ4v) is 3.40. The van der Waals surface area contributed by atoms with Gasteiger partial charge in [0.05, 0.1) is 56.7 Å². The maximum Gasteiger partial charge on any atom is 0.231 e. The zero-order valence-corrected chi connectivity index (χ0v) is 19.2. The molecule has 0 radical (unpaired) electrons. The molecule has 0 bridgehead atoms. The van der Waals surface area contributed by atoms with Crippen molar-refractivity contribution in [2.24, 2.45) is 0 Å². The Kier molecular flexibility index (Phi) is 6.72.